The Hall–Kier alpha value is -2.52. The molecule has 5 nitrogen and oxygen atoms in total. The van der Waals surface area contributed by atoms with Crippen LogP contribution in [-0.4, -0.2) is 23.2 Å². The van der Waals surface area contributed by atoms with Gasteiger partial charge in [0.1, 0.15) is 34.5 Å². The van der Waals surface area contributed by atoms with Gasteiger partial charge in [-0.25, -0.2) is 0 Å². The second kappa shape index (κ2) is 9.17. The van der Waals surface area contributed by atoms with Crippen molar-refractivity contribution in [2.75, 3.05) is 0 Å². The van der Waals surface area contributed by atoms with Gasteiger partial charge in [0.25, 0.3) is 0 Å². The molecule has 2 radical (unpaired) electrons. The van der Waals surface area contributed by atoms with Crippen LogP contribution in [0, 0.1) is 5.41 Å². The number of benzene rings is 2. The summed E-state index contributed by atoms with van der Waals surface area (Å²) in [5.74, 6) is 1.13. The average molecular weight is 511 g/mol. The van der Waals surface area contributed by atoms with Crippen LogP contribution in [0.3, 0.4) is 0 Å². The van der Waals surface area contributed by atoms with Gasteiger partial charge in [-0.05, 0) is 41.2 Å². The first kappa shape index (κ1) is 27.1. The molecular formula is C28H38O5Si2. The van der Waals surface area contributed by atoms with Crippen LogP contribution in [0.4, 0.5) is 0 Å². The van der Waals surface area contributed by atoms with Crippen LogP contribution in [0.25, 0.3) is 22.1 Å². The van der Waals surface area contributed by atoms with E-state index in [1.165, 1.54) is 12.3 Å². The van der Waals surface area contributed by atoms with Gasteiger partial charge in [-0.1, -0.05) is 67.5 Å². The predicted octanol–water partition coefficient (Wildman–Crippen LogP) is 7.79. The highest BCUT2D eigenvalue weighted by Gasteiger charge is 2.39. The van der Waals surface area contributed by atoms with E-state index in [9.17, 15) is 9.90 Å². The summed E-state index contributed by atoms with van der Waals surface area (Å²) in [5.41, 5.74) is 1.22. The molecule has 3 rings (SSSR count). The van der Waals surface area contributed by atoms with Crippen molar-refractivity contribution in [2.45, 2.75) is 78.6 Å². The van der Waals surface area contributed by atoms with Crippen LogP contribution < -0.4 is 14.3 Å². The Morgan fingerprint density at radius 3 is 2.06 bits per heavy atom. The van der Waals surface area contributed by atoms with Crippen molar-refractivity contribution in [1.82, 2.24) is 0 Å². The van der Waals surface area contributed by atoms with E-state index in [1.54, 1.807) is 6.07 Å². The summed E-state index contributed by atoms with van der Waals surface area (Å²) in [6.45, 7) is 21.7. The second-order valence-corrected chi connectivity index (χ2v) is 18.6. The minimum atomic E-state index is -2.11. The molecule has 7 heteroatoms. The summed E-state index contributed by atoms with van der Waals surface area (Å²) in [7, 11) is -1.81. The number of phenolic OH excluding ortho intramolecular Hbond substituents is 1. The van der Waals surface area contributed by atoms with Crippen LogP contribution in [0.5, 0.6) is 17.2 Å². The summed E-state index contributed by atoms with van der Waals surface area (Å²) in [4.78, 5) is 13.3. The number of hydrogen-bond donors (Lipinski definition) is 1. The Morgan fingerprint density at radius 1 is 0.914 bits per heavy atom. The molecule has 0 unspecified atom stereocenters. The smallest absolute Gasteiger partial charge is 0.317 e. The molecule has 0 amide bonds. The number of hydrogen-bond acceptors (Lipinski definition) is 5. The molecule has 2 aromatic carbocycles. The predicted molar refractivity (Wildman–Crippen MR) is 147 cm³/mol. The van der Waals surface area contributed by atoms with Gasteiger partial charge in [0, 0.05) is 17.2 Å². The third-order valence-electron chi connectivity index (χ3n) is 7.47. The fourth-order valence-corrected chi connectivity index (χ4v) is 4.78. The molecule has 1 aromatic heterocycles. The van der Waals surface area contributed by atoms with Crippen LogP contribution in [0.15, 0.2) is 51.9 Å². The van der Waals surface area contributed by atoms with Gasteiger partial charge >= 0.3 is 9.76 Å². The average Bonchev–Trinajstić information content (AvgIpc) is 2.71. The van der Waals surface area contributed by atoms with E-state index < -0.39 is 8.32 Å². The molecule has 0 atom stereocenters. The highest BCUT2D eigenvalue weighted by molar-refractivity contribution is 6.74. The van der Waals surface area contributed by atoms with Gasteiger partial charge < -0.3 is 18.4 Å². The molecule has 35 heavy (non-hydrogen) atoms. The van der Waals surface area contributed by atoms with Crippen LogP contribution >= 0.6 is 0 Å². The maximum absolute atomic E-state index is 13.3. The summed E-state index contributed by atoms with van der Waals surface area (Å²) in [6.07, 6.45) is 1.44. The minimum absolute atomic E-state index is 0.00113. The normalized spacial score (nSPS) is 13.2. The van der Waals surface area contributed by atoms with Crippen LogP contribution in [0.2, 0.25) is 23.2 Å². The molecule has 0 aliphatic rings. The number of rotatable bonds is 6. The monoisotopic (exact) mass is 510 g/mol. The number of phenols is 1. The standard InChI is InChI=1S/C28H38O5Si2/c1-26(2,3)28(7,8)34-32-19-13-11-18(12-14-19)21-17-31-23-16-20(15-22(29)24(23)25(21)30)33-35(9,10)27(4,5)6/h11-17,29H,1-10H3. The summed E-state index contributed by atoms with van der Waals surface area (Å²) >= 11 is 0. The van der Waals surface area contributed by atoms with Crippen molar-refractivity contribution in [1.29, 1.82) is 0 Å². The van der Waals surface area contributed by atoms with Gasteiger partial charge in [-0.15, -0.1) is 0 Å². The second-order valence-electron chi connectivity index (χ2n) is 12.3. The van der Waals surface area contributed by atoms with E-state index in [4.69, 9.17) is 13.3 Å². The topological polar surface area (TPSA) is 68.9 Å². The van der Waals surface area contributed by atoms with Gasteiger partial charge in [0.15, 0.2) is 0 Å². The quantitative estimate of drug-likeness (QED) is 0.343. The van der Waals surface area contributed by atoms with E-state index in [2.05, 4.69) is 68.5 Å². The van der Waals surface area contributed by atoms with Crippen molar-refractivity contribution < 1.29 is 18.4 Å². The Balaban J connectivity index is 1.89. The van der Waals surface area contributed by atoms with Crippen molar-refractivity contribution >= 4 is 29.0 Å². The number of aromatic hydroxyl groups is 1. The molecule has 0 aliphatic heterocycles. The van der Waals surface area contributed by atoms with Crippen LogP contribution in [-0.2, 0) is 0 Å². The van der Waals surface area contributed by atoms with Gasteiger partial charge in [-0.2, -0.15) is 0 Å². The lowest BCUT2D eigenvalue weighted by Gasteiger charge is -2.36. The highest BCUT2D eigenvalue weighted by Crippen LogP contribution is 2.44. The third-order valence-corrected chi connectivity index (χ3v) is 13.4. The Morgan fingerprint density at radius 2 is 1.51 bits per heavy atom. The fraction of sp³-hybridized carbons (Fsp3) is 0.464. The van der Waals surface area contributed by atoms with Crippen molar-refractivity contribution in [3.8, 4) is 28.4 Å². The first-order valence-corrected chi connectivity index (χ1v) is 15.8. The highest BCUT2D eigenvalue weighted by atomic mass is 28.4. The molecule has 0 aliphatic carbocycles. The van der Waals surface area contributed by atoms with Crippen molar-refractivity contribution in [3.63, 3.8) is 0 Å². The Labute approximate surface area is 212 Å². The Bertz CT molecular complexity index is 1260. The summed E-state index contributed by atoms with van der Waals surface area (Å²) in [6, 6.07) is 10.6. The number of fused-ring (bicyclic) bond motifs is 1. The lowest BCUT2D eigenvalue weighted by molar-refractivity contribution is 0.282. The maximum atomic E-state index is 13.3. The molecule has 188 valence electrons. The maximum Gasteiger partial charge on any atom is 0.317 e. The van der Waals surface area contributed by atoms with E-state index in [0.717, 1.165) is 5.75 Å². The lowest BCUT2D eigenvalue weighted by Crippen LogP contribution is -2.43. The molecule has 0 saturated carbocycles. The fourth-order valence-electron chi connectivity index (χ4n) is 2.96. The zero-order valence-corrected chi connectivity index (χ0v) is 24.6. The summed E-state index contributed by atoms with van der Waals surface area (Å²) < 4.78 is 18.2. The van der Waals surface area contributed by atoms with Crippen LogP contribution in [0.1, 0.15) is 55.4 Å². The largest absolute Gasteiger partial charge is 0.543 e. The van der Waals surface area contributed by atoms with Gasteiger partial charge in [0.05, 0.1) is 5.56 Å². The van der Waals surface area contributed by atoms with Crippen molar-refractivity contribution in [2.24, 2.45) is 5.41 Å². The SMILES string of the molecule is CC(C)(C)C(C)(C)[Si]Oc1ccc(-c2coc3cc(O[Si](C)(C)C(C)(C)C)cc(O)c3c2=O)cc1. The molecule has 0 saturated heterocycles. The first-order valence-electron chi connectivity index (χ1n) is 11.9. The van der Waals surface area contributed by atoms with E-state index in [0.29, 0.717) is 32.2 Å². The van der Waals surface area contributed by atoms with E-state index >= 15 is 0 Å². The molecular weight excluding hydrogens is 472 g/mol. The molecule has 1 N–H and O–H groups in total. The lowest BCUT2D eigenvalue weighted by atomic mass is 9.82. The Kier molecular flexibility index (Phi) is 7.09. The summed E-state index contributed by atoms with van der Waals surface area (Å²) in [5, 5.41) is 10.9. The van der Waals surface area contributed by atoms with E-state index in [1.807, 2.05) is 24.3 Å². The van der Waals surface area contributed by atoms with E-state index in [-0.39, 0.29) is 32.1 Å². The molecule has 0 bridgehead atoms. The molecule has 0 fully saturated rings. The zero-order valence-electron chi connectivity index (χ0n) is 22.6. The minimum Gasteiger partial charge on any atom is -0.543 e. The molecule has 1 heterocycles. The van der Waals surface area contributed by atoms with Gasteiger partial charge in [-0.3, -0.25) is 4.79 Å². The molecule has 0 spiro atoms. The first-order chi connectivity index (χ1) is 15.9. The molecule has 3 aromatic rings. The van der Waals surface area contributed by atoms with Gasteiger partial charge in [0.2, 0.25) is 13.7 Å². The third kappa shape index (κ3) is 5.67. The zero-order chi connectivity index (χ0) is 26.4. The van der Waals surface area contributed by atoms with Crippen molar-refractivity contribution in [3.05, 3.63) is 52.9 Å².